The summed E-state index contributed by atoms with van der Waals surface area (Å²) < 4.78 is 265. The van der Waals surface area contributed by atoms with E-state index in [4.69, 9.17) is 0 Å². The van der Waals surface area contributed by atoms with Crippen molar-refractivity contribution in [2.75, 3.05) is 0 Å². The van der Waals surface area contributed by atoms with Crippen molar-refractivity contribution in [1.82, 2.24) is 0 Å². The van der Waals surface area contributed by atoms with Crippen LogP contribution in [0.4, 0.5) is 79.0 Å². The maximum Gasteiger partial charge on any atom is 0.200 e. The molecule has 0 bridgehead atoms. The van der Waals surface area contributed by atoms with Crippen molar-refractivity contribution in [2.24, 2.45) is 0 Å². The van der Waals surface area contributed by atoms with Gasteiger partial charge in [0, 0.05) is 0 Å². The van der Waals surface area contributed by atoms with E-state index in [1.165, 1.54) is 0 Å². The van der Waals surface area contributed by atoms with E-state index in [0.717, 1.165) is 0 Å². The third kappa shape index (κ3) is 4.01. The number of phenolic OH excluding ortho intramolecular Hbond substituents is 1. The second kappa shape index (κ2) is 10.6. The number of hydrogen-bond donors (Lipinski definition) is 1. The summed E-state index contributed by atoms with van der Waals surface area (Å²) in [7, 11) is 0. The van der Waals surface area contributed by atoms with Gasteiger partial charge in [-0.1, -0.05) is 6.07 Å². The molecule has 0 fully saturated rings. The molecule has 0 aliphatic heterocycles. The van der Waals surface area contributed by atoms with Crippen molar-refractivity contribution in [3.8, 4) is 5.75 Å². The van der Waals surface area contributed by atoms with Crippen molar-refractivity contribution >= 4 is 28.0 Å². The molecule has 0 radical (unpaired) electrons. The molecular weight excluding hydrogens is 657 g/mol. The summed E-state index contributed by atoms with van der Waals surface area (Å²) in [6, 6.07) is -0.956. The predicted octanol–water partition coefficient (Wildman–Crippen LogP) is 5.27. The summed E-state index contributed by atoms with van der Waals surface area (Å²) in [4.78, 5) is 0. The van der Waals surface area contributed by atoms with Crippen molar-refractivity contribution in [1.29, 1.82) is 0 Å². The maximum absolute atomic E-state index is 15.4. The molecule has 4 aromatic rings. The molecule has 1 N–H and O–H groups in total. The van der Waals surface area contributed by atoms with Gasteiger partial charge in [-0.2, -0.15) is 9.85 Å². The minimum Gasteiger partial charge on any atom is -0.503 e. The lowest BCUT2D eigenvalue weighted by atomic mass is 9.12. The Morgan fingerprint density at radius 2 is 0.545 bits per heavy atom. The lowest BCUT2D eigenvalue weighted by Crippen LogP contribution is -2.80. The maximum atomic E-state index is 15.4. The lowest BCUT2D eigenvalue weighted by Gasteiger charge is -2.44. The zero-order valence-corrected chi connectivity index (χ0v) is 19.9. The molecule has 0 saturated carbocycles. The Kier molecular flexibility index (Phi) is 7.79. The first-order valence-electron chi connectivity index (χ1n) is 10.9. The Bertz CT molecular complexity index is 1670. The molecule has 44 heavy (non-hydrogen) atoms. The second-order valence-corrected chi connectivity index (χ2v) is 8.74. The Labute approximate surface area is 229 Å². The normalized spacial score (nSPS) is 12.0. The lowest BCUT2D eigenvalue weighted by molar-refractivity contribution is 0.377. The molecule has 1 nitrogen and oxygen atoms in total. The van der Waals surface area contributed by atoms with E-state index in [2.05, 4.69) is 0 Å². The van der Waals surface area contributed by atoms with Gasteiger partial charge in [0.2, 0.25) is 0 Å². The average Bonchev–Trinajstić information content (AvgIpc) is 2.99. The fourth-order valence-corrected chi connectivity index (χ4v) is 4.82. The fraction of sp³-hybridized carbons (Fsp3) is 0. The molecule has 0 amide bonds. The van der Waals surface area contributed by atoms with E-state index in [0.29, 0.717) is 0 Å². The predicted molar refractivity (Wildman–Crippen MR) is 111 cm³/mol. The van der Waals surface area contributed by atoms with Gasteiger partial charge in [0.05, 0.1) is 0 Å². The minimum absolute atomic E-state index is 0.956. The largest absolute Gasteiger partial charge is 0.503 e. The fourth-order valence-electron chi connectivity index (χ4n) is 4.82. The minimum atomic E-state index is -6.76. The highest BCUT2D eigenvalue weighted by Gasteiger charge is 2.50. The SMILES string of the molecule is Oc1c(F)cc([B-](c2c(F)c(F)c(F)c(F)c2F)(c2c(F)c(F)c(F)c(F)c2F)c2c(F)c(F)c(F)c(F)c2F)c(F)c1F. The van der Waals surface area contributed by atoms with Crippen molar-refractivity contribution in [2.45, 2.75) is 0 Å². The monoisotopic (exact) mass is 659 g/mol. The van der Waals surface area contributed by atoms with Gasteiger partial charge in [0.25, 0.3) is 0 Å². The van der Waals surface area contributed by atoms with Crippen molar-refractivity contribution in [3.05, 3.63) is 111 Å². The van der Waals surface area contributed by atoms with Crippen molar-refractivity contribution in [3.63, 3.8) is 0 Å². The molecule has 0 spiro atoms. The summed E-state index contributed by atoms with van der Waals surface area (Å²) in [5.74, 6) is -62.7. The van der Waals surface area contributed by atoms with Crippen LogP contribution < -0.4 is 21.9 Å². The van der Waals surface area contributed by atoms with Crippen LogP contribution in [0.2, 0.25) is 0 Å². The number of rotatable bonds is 4. The van der Waals surface area contributed by atoms with Gasteiger partial charge >= 0.3 is 0 Å². The molecule has 0 saturated heterocycles. The zero-order chi connectivity index (χ0) is 33.5. The van der Waals surface area contributed by atoms with Crippen LogP contribution >= 0.6 is 0 Å². The molecule has 20 heteroatoms. The van der Waals surface area contributed by atoms with Crippen LogP contribution in [-0.4, -0.2) is 11.3 Å². The third-order valence-corrected chi connectivity index (χ3v) is 6.66. The molecule has 0 atom stereocenters. The summed E-state index contributed by atoms with van der Waals surface area (Å²) in [6.45, 7) is 0. The van der Waals surface area contributed by atoms with Crippen LogP contribution in [0, 0.1) is 105 Å². The van der Waals surface area contributed by atoms with Gasteiger partial charge < -0.3 is 5.11 Å². The average molecular weight is 659 g/mol. The number of hydrogen-bond acceptors (Lipinski definition) is 1. The summed E-state index contributed by atoms with van der Waals surface area (Å²) in [5, 5.41) is 9.35. The first-order valence-corrected chi connectivity index (χ1v) is 10.9. The summed E-state index contributed by atoms with van der Waals surface area (Å²) in [6.07, 6.45) is -6.76. The molecule has 0 heterocycles. The van der Waals surface area contributed by atoms with Crippen LogP contribution in [-0.2, 0) is 0 Å². The molecule has 4 rings (SSSR count). The van der Waals surface area contributed by atoms with Gasteiger partial charge in [-0.05, 0) is 0 Å². The second-order valence-electron chi connectivity index (χ2n) is 8.74. The molecule has 0 aliphatic carbocycles. The molecule has 0 aromatic heterocycles. The molecule has 0 unspecified atom stereocenters. The van der Waals surface area contributed by atoms with Gasteiger partial charge in [-0.15, -0.1) is 16.4 Å². The van der Waals surface area contributed by atoms with E-state index in [1.807, 2.05) is 0 Å². The zero-order valence-electron chi connectivity index (χ0n) is 19.9. The summed E-state index contributed by atoms with van der Waals surface area (Å²) in [5.41, 5.74) is -12.8. The van der Waals surface area contributed by atoms with E-state index in [1.54, 1.807) is 0 Å². The van der Waals surface area contributed by atoms with Gasteiger partial charge in [0.1, 0.15) is 46.9 Å². The Morgan fingerprint density at radius 3 is 0.795 bits per heavy atom. The van der Waals surface area contributed by atoms with E-state index in [9.17, 15) is 53.4 Å². The highest BCUT2D eigenvalue weighted by atomic mass is 19.2. The van der Waals surface area contributed by atoms with Crippen LogP contribution in [0.1, 0.15) is 0 Å². The Hall–Kier alpha value is -4.52. The molecule has 4 aromatic carbocycles. The Morgan fingerprint density at radius 1 is 0.318 bits per heavy atom. The quantitative estimate of drug-likeness (QED) is 0.137. The highest BCUT2D eigenvalue weighted by Crippen LogP contribution is 2.30. The molecular formula is C24H2BF18O-. The molecule has 0 aliphatic rings. The number of aromatic hydroxyl groups is 1. The van der Waals surface area contributed by atoms with Crippen LogP contribution in [0.25, 0.3) is 0 Å². The van der Waals surface area contributed by atoms with E-state index >= 15 is 30.7 Å². The highest BCUT2D eigenvalue weighted by molar-refractivity contribution is 7.20. The topological polar surface area (TPSA) is 20.2 Å². The van der Waals surface area contributed by atoms with Crippen molar-refractivity contribution < 1.29 is 84.1 Å². The van der Waals surface area contributed by atoms with Crippen LogP contribution in [0.3, 0.4) is 0 Å². The smallest absolute Gasteiger partial charge is 0.200 e. The van der Waals surface area contributed by atoms with E-state index < -0.39 is 145 Å². The van der Waals surface area contributed by atoms with Gasteiger partial charge in [-0.25, -0.2) is 74.6 Å². The summed E-state index contributed by atoms with van der Waals surface area (Å²) >= 11 is 0. The number of phenols is 1. The third-order valence-electron chi connectivity index (χ3n) is 6.66. The Balaban J connectivity index is 2.65. The van der Waals surface area contributed by atoms with Gasteiger partial charge in [0.15, 0.2) is 69.7 Å². The number of benzene rings is 4. The van der Waals surface area contributed by atoms with E-state index in [-0.39, 0.29) is 0 Å². The van der Waals surface area contributed by atoms with Crippen LogP contribution in [0.5, 0.6) is 5.75 Å². The van der Waals surface area contributed by atoms with Crippen LogP contribution in [0.15, 0.2) is 6.07 Å². The standard InChI is InChI=1S/C24H2BF18O/c26-3-1-2(7(27)23(43)24(3)44)25(4-8(28)14(34)20(40)15(35)9(4)29,5-10(30)16(36)21(41)17(37)11(5)31)6-12(32)18(38)22(42)19(39)13(6)33/h1,44H/q-1. The first kappa shape index (κ1) is 32.4. The first-order chi connectivity index (χ1) is 20.3. The number of halogens is 18. The van der Waals surface area contributed by atoms with Gasteiger partial charge in [-0.3, -0.25) is 0 Å². The molecule has 234 valence electrons.